The topological polar surface area (TPSA) is 0 Å². The number of hydrogen-bond donors (Lipinski definition) is 0. The fraction of sp³-hybridized carbons (Fsp3) is 0.158. The minimum absolute atomic E-state index is 1.16. The van der Waals surface area contributed by atoms with Gasteiger partial charge < -0.3 is 0 Å². The second-order valence-electron chi connectivity index (χ2n) is 5.01. The number of aryl methyl sites for hydroxylation is 1. The van der Waals surface area contributed by atoms with Gasteiger partial charge in [0.25, 0.3) is 0 Å². The molecule has 0 heterocycles. The highest BCUT2D eigenvalue weighted by Crippen LogP contribution is 2.25. The highest BCUT2D eigenvalue weighted by Gasteiger charge is 2.00. The first-order valence-electron chi connectivity index (χ1n) is 6.95. The van der Waals surface area contributed by atoms with Gasteiger partial charge in [-0.15, -0.1) is 0 Å². The lowest BCUT2D eigenvalue weighted by molar-refractivity contribution is 0.924. The average Bonchev–Trinajstić information content (AvgIpc) is 2.48. The first kappa shape index (κ1) is 12.0. The van der Waals surface area contributed by atoms with E-state index in [1.165, 1.54) is 33.9 Å². The van der Waals surface area contributed by atoms with Crippen molar-refractivity contribution < 1.29 is 0 Å². The Labute approximate surface area is 114 Å². The first-order chi connectivity index (χ1) is 9.36. The van der Waals surface area contributed by atoms with E-state index in [9.17, 15) is 0 Å². The molecule has 0 aliphatic heterocycles. The lowest BCUT2D eigenvalue weighted by Gasteiger charge is -2.06. The van der Waals surface area contributed by atoms with E-state index in [4.69, 9.17) is 0 Å². The normalized spacial score (nSPS) is 10.8. The molecular formula is C19H18. The van der Waals surface area contributed by atoms with E-state index in [1.54, 1.807) is 0 Å². The van der Waals surface area contributed by atoms with Crippen molar-refractivity contribution in [1.82, 2.24) is 0 Å². The molecule has 0 saturated carbocycles. The van der Waals surface area contributed by atoms with Crippen molar-refractivity contribution >= 4 is 10.8 Å². The minimum Gasteiger partial charge on any atom is -0.0651 e. The molecule has 0 nitrogen and oxygen atoms in total. The summed E-state index contributed by atoms with van der Waals surface area (Å²) in [7, 11) is 0. The summed E-state index contributed by atoms with van der Waals surface area (Å²) < 4.78 is 0. The smallest absolute Gasteiger partial charge is 0.0178 e. The maximum Gasteiger partial charge on any atom is -0.0178 e. The Hall–Kier alpha value is -2.08. The lowest BCUT2D eigenvalue weighted by Crippen LogP contribution is -1.84. The van der Waals surface area contributed by atoms with Gasteiger partial charge in [0.05, 0.1) is 0 Å². The molecule has 3 rings (SSSR count). The Balaban J connectivity index is 2.05. The predicted molar refractivity (Wildman–Crippen MR) is 83.4 cm³/mol. The largest absolute Gasteiger partial charge is 0.0651 e. The van der Waals surface area contributed by atoms with Gasteiger partial charge in [-0.25, -0.2) is 0 Å². The Bertz CT molecular complexity index is 681. The lowest BCUT2D eigenvalue weighted by atomic mass is 9.99. The second-order valence-corrected chi connectivity index (χ2v) is 5.01. The average molecular weight is 246 g/mol. The van der Waals surface area contributed by atoms with Gasteiger partial charge in [0, 0.05) is 0 Å². The zero-order valence-electron chi connectivity index (χ0n) is 11.3. The van der Waals surface area contributed by atoms with Gasteiger partial charge in [-0.1, -0.05) is 74.0 Å². The third-order valence-electron chi connectivity index (χ3n) is 3.55. The van der Waals surface area contributed by atoms with E-state index in [-0.39, 0.29) is 0 Å². The van der Waals surface area contributed by atoms with E-state index in [2.05, 4.69) is 73.7 Å². The van der Waals surface area contributed by atoms with Crippen LogP contribution in [0.15, 0.2) is 66.7 Å². The molecule has 0 aromatic heterocycles. The summed E-state index contributed by atoms with van der Waals surface area (Å²) in [6.07, 6.45) is 2.37. The SMILES string of the molecule is CCCc1ccc2cc(-c3ccccc3)ccc2c1. The molecule has 94 valence electrons. The van der Waals surface area contributed by atoms with Gasteiger partial charge in [0.2, 0.25) is 0 Å². The first-order valence-corrected chi connectivity index (χ1v) is 6.95. The van der Waals surface area contributed by atoms with E-state index in [0.717, 1.165) is 6.42 Å². The van der Waals surface area contributed by atoms with Gasteiger partial charge in [0.15, 0.2) is 0 Å². The van der Waals surface area contributed by atoms with Crippen LogP contribution in [0.2, 0.25) is 0 Å². The molecule has 0 aliphatic rings. The molecule has 3 aromatic rings. The van der Waals surface area contributed by atoms with Crippen LogP contribution in [0.3, 0.4) is 0 Å². The summed E-state index contributed by atoms with van der Waals surface area (Å²) in [6, 6.07) is 24.1. The number of hydrogen-bond acceptors (Lipinski definition) is 0. The standard InChI is InChI=1S/C19H18/c1-2-6-15-9-10-19-14-18(12-11-17(19)13-15)16-7-4-3-5-8-16/h3-5,7-14H,2,6H2,1H3. The van der Waals surface area contributed by atoms with Gasteiger partial charge in [-0.2, -0.15) is 0 Å². The molecule has 0 amide bonds. The number of rotatable bonds is 3. The van der Waals surface area contributed by atoms with Gasteiger partial charge in [-0.3, -0.25) is 0 Å². The molecule has 3 aromatic carbocycles. The zero-order valence-corrected chi connectivity index (χ0v) is 11.3. The third-order valence-corrected chi connectivity index (χ3v) is 3.55. The Morgan fingerprint density at radius 3 is 2.21 bits per heavy atom. The van der Waals surface area contributed by atoms with Crippen LogP contribution < -0.4 is 0 Å². The molecule has 0 unspecified atom stereocenters. The fourth-order valence-electron chi connectivity index (χ4n) is 2.55. The predicted octanol–water partition coefficient (Wildman–Crippen LogP) is 5.46. The fourth-order valence-corrected chi connectivity index (χ4v) is 2.55. The minimum atomic E-state index is 1.16. The highest BCUT2D eigenvalue weighted by atomic mass is 14.0. The Morgan fingerprint density at radius 1 is 0.684 bits per heavy atom. The summed E-state index contributed by atoms with van der Waals surface area (Å²) >= 11 is 0. The summed E-state index contributed by atoms with van der Waals surface area (Å²) in [5.74, 6) is 0. The summed E-state index contributed by atoms with van der Waals surface area (Å²) in [4.78, 5) is 0. The second kappa shape index (κ2) is 5.27. The molecule has 0 spiro atoms. The summed E-state index contributed by atoms with van der Waals surface area (Å²) in [5, 5.41) is 2.66. The molecule has 0 N–H and O–H groups in total. The molecule has 0 atom stereocenters. The van der Waals surface area contributed by atoms with Gasteiger partial charge in [-0.05, 0) is 39.9 Å². The van der Waals surface area contributed by atoms with Crippen molar-refractivity contribution in [1.29, 1.82) is 0 Å². The third kappa shape index (κ3) is 2.53. The quantitative estimate of drug-likeness (QED) is 0.575. The maximum absolute atomic E-state index is 2.31. The van der Waals surface area contributed by atoms with Crippen molar-refractivity contribution in [3.05, 3.63) is 72.3 Å². The summed E-state index contributed by atoms with van der Waals surface area (Å²) in [5.41, 5.74) is 4.00. The van der Waals surface area contributed by atoms with Gasteiger partial charge >= 0.3 is 0 Å². The van der Waals surface area contributed by atoms with Crippen molar-refractivity contribution in [3.8, 4) is 11.1 Å². The summed E-state index contributed by atoms with van der Waals surface area (Å²) in [6.45, 7) is 2.22. The molecular weight excluding hydrogens is 228 g/mol. The maximum atomic E-state index is 2.31. The van der Waals surface area contributed by atoms with E-state index >= 15 is 0 Å². The van der Waals surface area contributed by atoms with Crippen LogP contribution in [0.5, 0.6) is 0 Å². The molecule has 0 radical (unpaired) electrons. The molecule has 0 fully saturated rings. The van der Waals surface area contributed by atoms with E-state index < -0.39 is 0 Å². The van der Waals surface area contributed by atoms with Crippen molar-refractivity contribution in [2.75, 3.05) is 0 Å². The van der Waals surface area contributed by atoms with E-state index in [1.807, 2.05) is 0 Å². The number of benzene rings is 3. The van der Waals surface area contributed by atoms with Crippen LogP contribution >= 0.6 is 0 Å². The molecule has 19 heavy (non-hydrogen) atoms. The van der Waals surface area contributed by atoms with Gasteiger partial charge in [0.1, 0.15) is 0 Å². The zero-order chi connectivity index (χ0) is 13.1. The van der Waals surface area contributed by atoms with Crippen molar-refractivity contribution in [2.24, 2.45) is 0 Å². The van der Waals surface area contributed by atoms with Crippen molar-refractivity contribution in [3.63, 3.8) is 0 Å². The molecule has 0 heteroatoms. The van der Waals surface area contributed by atoms with Crippen LogP contribution in [-0.4, -0.2) is 0 Å². The van der Waals surface area contributed by atoms with Crippen molar-refractivity contribution in [2.45, 2.75) is 19.8 Å². The Morgan fingerprint density at radius 2 is 1.42 bits per heavy atom. The van der Waals surface area contributed by atoms with Crippen LogP contribution in [0.4, 0.5) is 0 Å². The monoisotopic (exact) mass is 246 g/mol. The number of fused-ring (bicyclic) bond motifs is 1. The Kier molecular flexibility index (Phi) is 3.33. The highest BCUT2D eigenvalue weighted by molar-refractivity contribution is 5.87. The van der Waals surface area contributed by atoms with E-state index in [0.29, 0.717) is 0 Å². The van der Waals surface area contributed by atoms with Crippen LogP contribution in [0.1, 0.15) is 18.9 Å². The van der Waals surface area contributed by atoms with Crippen LogP contribution in [0.25, 0.3) is 21.9 Å². The van der Waals surface area contributed by atoms with Crippen LogP contribution in [-0.2, 0) is 6.42 Å². The molecule has 0 bridgehead atoms. The molecule has 0 saturated heterocycles. The molecule has 0 aliphatic carbocycles. The van der Waals surface area contributed by atoms with Crippen LogP contribution in [0, 0.1) is 0 Å².